The van der Waals surface area contributed by atoms with Crippen LogP contribution in [-0.4, -0.2) is 19.1 Å². The molecule has 2 rings (SSSR count). The van der Waals surface area contributed by atoms with Crippen LogP contribution < -0.4 is 10.1 Å². The Morgan fingerprint density at radius 2 is 1.86 bits per heavy atom. The van der Waals surface area contributed by atoms with E-state index in [1.807, 2.05) is 31.2 Å². The van der Waals surface area contributed by atoms with Crippen molar-refractivity contribution in [2.45, 2.75) is 13.3 Å². The van der Waals surface area contributed by atoms with Crippen molar-refractivity contribution in [3.63, 3.8) is 0 Å². The lowest BCUT2D eigenvalue weighted by atomic mass is 10.1. The van der Waals surface area contributed by atoms with Crippen LogP contribution >= 0.6 is 0 Å². The van der Waals surface area contributed by atoms with E-state index >= 15 is 0 Å². The van der Waals surface area contributed by atoms with Gasteiger partial charge in [0.25, 0.3) is 5.91 Å². The van der Waals surface area contributed by atoms with E-state index in [-0.39, 0.29) is 18.3 Å². The van der Waals surface area contributed by atoms with Crippen LogP contribution in [0.25, 0.3) is 0 Å². The van der Waals surface area contributed by atoms with Gasteiger partial charge in [0.2, 0.25) is 0 Å². The molecule has 0 heterocycles. The summed E-state index contributed by atoms with van der Waals surface area (Å²) in [5.41, 5.74) is 1.73. The molecule has 0 aromatic heterocycles. The van der Waals surface area contributed by atoms with E-state index in [9.17, 15) is 9.18 Å². The zero-order valence-electron chi connectivity index (χ0n) is 11.9. The molecule has 0 unspecified atom stereocenters. The van der Waals surface area contributed by atoms with Gasteiger partial charge in [-0.25, -0.2) is 4.39 Å². The fraction of sp³-hybridized carbons (Fsp3) is 0.235. The number of nitrogens with one attached hydrogen (secondary N) is 1. The molecule has 0 aliphatic rings. The van der Waals surface area contributed by atoms with Gasteiger partial charge in [-0.05, 0) is 37.1 Å². The molecule has 0 aliphatic heterocycles. The predicted molar refractivity (Wildman–Crippen MR) is 79.8 cm³/mol. The minimum atomic E-state index is -0.248. The molecule has 0 atom stereocenters. The third kappa shape index (κ3) is 4.91. The van der Waals surface area contributed by atoms with Crippen molar-refractivity contribution in [2.75, 3.05) is 13.2 Å². The number of amides is 1. The summed E-state index contributed by atoms with van der Waals surface area (Å²) in [6.45, 7) is 2.33. The summed E-state index contributed by atoms with van der Waals surface area (Å²) < 4.78 is 18.7. The van der Waals surface area contributed by atoms with Crippen molar-refractivity contribution in [1.82, 2.24) is 5.32 Å². The maximum Gasteiger partial charge on any atom is 0.257 e. The maximum absolute atomic E-state index is 13.4. The molecule has 1 amide bonds. The number of halogens is 1. The Morgan fingerprint density at radius 3 is 2.57 bits per heavy atom. The summed E-state index contributed by atoms with van der Waals surface area (Å²) in [7, 11) is 0. The molecule has 1 N–H and O–H groups in total. The largest absolute Gasteiger partial charge is 0.484 e. The van der Waals surface area contributed by atoms with E-state index in [1.165, 1.54) is 6.07 Å². The van der Waals surface area contributed by atoms with Gasteiger partial charge in [0.15, 0.2) is 6.61 Å². The minimum Gasteiger partial charge on any atom is -0.484 e. The van der Waals surface area contributed by atoms with Crippen LogP contribution in [0.5, 0.6) is 5.75 Å². The average molecular weight is 287 g/mol. The van der Waals surface area contributed by atoms with Gasteiger partial charge in [-0.2, -0.15) is 0 Å². The number of hydrogen-bond acceptors (Lipinski definition) is 2. The number of aryl methyl sites for hydroxylation is 1. The molecule has 2 aromatic carbocycles. The highest BCUT2D eigenvalue weighted by molar-refractivity contribution is 5.77. The van der Waals surface area contributed by atoms with Gasteiger partial charge >= 0.3 is 0 Å². The summed E-state index contributed by atoms with van der Waals surface area (Å²) >= 11 is 0. The summed E-state index contributed by atoms with van der Waals surface area (Å²) in [5.74, 6) is 0.194. The Balaban J connectivity index is 1.70. The Labute approximate surface area is 123 Å². The fourth-order valence-electron chi connectivity index (χ4n) is 1.87. The second-order valence-corrected chi connectivity index (χ2v) is 4.79. The standard InChI is InChI=1S/C17H18FNO2/c1-13-6-8-15(9-7-13)21-12-17(20)19-11-10-14-4-2-3-5-16(14)18/h2-9H,10-12H2,1H3,(H,19,20). The van der Waals surface area contributed by atoms with E-state index in [4.69, 9.17) is 4.74 Å². The van der Waals surface area contributed by atoms with E-state index in [0.717, 1.165) is 5.56 Å². The van der Waals surface area contributed by atoms with Crippen LogP contribution in [0.15, 0.2) is 48.5 Å². The number of carbonyl (C=O) groups is 1. The Morgan fingerprint density at radius 1 is 1.14 bits per heavy atom. The maximum atomic E-state index is 13.4. The lowest BCUT2D eigenvalue weighted by Gasteiger charge is -2.08. The molecule has 0 radical (unpaired) electrons. The van der Waals surface area contributed by atoms with Crippen LogP contribution in [-0.2, 0) is 11.2 Å². The number of ether oxygens (including phenoxy) is 1. The summed E-state index contributed by atoms with van der Waals surface area (Å²) in [6.07, 6.45) is 0.461. The van der Waals surface area contributed by atoms with Crippen molar-refractivity contribution in [2.24, 2.45) is 0 Å². The quantitative estimate of drug-likeness (QED) is 0.887. The van der Waals surface area contributed by atoms with Crippen molar-refractivity contribution in [3.05, 3.63) is 65.5 Å². The summed E-state index contributed by atoms with van der Waals surface area (Å²) in [4.78, 5) is 11.6. The van der Waals surface area contributed by atoms with Crippen molar-refractivity contribution in [3.8, 4) is 5.75 Å². The van der Waals surface area contributed by atoms with E-state index in [1.54, 1.807) is 18.2 Å². The zero-order valence-corrected chi connectivity index (χ0v) is 11.9. The Bertz CT molecular complexity index is 596. The second-order valence-electron chi connectivity index (χ2n) is 4.79. The van der Waals surface area contributed by atoms with E-state index in [0.29, 0.717) is 24.3 Å². The van der Waals surface area contributed by atoms with Crippen LogP contribution in [0.1, 0.15) is 11.1 Å². The Kier molecular flexibility index (Phi) is 5.32. The van der Waals surface area contributed by atoms with E-state index < -0.39 is 0 Å². The Hall–Kier alpha value is -2.36. The third-order valence-electron chi connectivity index (χ3n) is 3.07. The van der Waals surface area contributed by atoms with Gasteiger partial charge in [0.1, 0.15) is 11.6 Å². The van der Waals surface area contributed by atoms with Gasteiger partial charge in [0.05, 0.1) is 0 Å². The van der Waals surface area contributed by atoms with Gasteiger partial charge in [-0.1, -0.05) is 35.9 Å². The molecule has 0 saturated heterocycles. The first-order chi connectivity index (χ1) is 10.1. The topological polar surface area (TPSA) is 38.3 Å². The summed E-state index contributed by atoms with van der Waals surface area (Å²) in [5, 5.41) is 2.71. The van der Waals surface area contributed by atoms with Gasteiger partial charge in [-0.15, -0.1) is 0 Å². The normalized spacial score (nSPS) is 10.2. The molecule has 2 aromatic rings. The van der Waals surface area contributed by atoms with Gasteiger partial charge in [-0.3, -0.25) is 4.79 Å². The molecule has 0 spiro atoms. The van der Waals surface area contributed by atoms with Crippen LogP contribution in [0.2, 0.25) is 0 Å². The number of carbonyl (C=O) groups excluding carboxylic acids is 1. The summed E-state index contributed by atoms with van der Waals surface area (Å²) in [6, 6.07) is 14.0. The minimum absolute atomic E-state index is 0.0413. The molecule has 0 saturated carbocycles. The highest BCUT2D eigenvalue weighted by Crippen LogP contribution is 2.11. The molecular weight excluding hydrogens is 269 g/mol. The lowest BCUT2D eigenvalue weighted by molar-refractivity contribution is -0.123. The highest BCUT2D eigenvalue weighted by Gasteiger charge is 2.04. The molecule has 0 bridgehead atoms. The van der Waals surface area contributed by atoms with Crippen molar-refractivity contribution in [1.29, 1.82) is 0 Å². The first-order valence-corrected chi connectivity index (χ1v) is 6.85. The van der Waals surface area contributed by atoms with Gasteiger partial charge in [0, 0.05) is 6.54 Å². The average Bonchev–Trinajstić information content (AvgIpc) is 2.49. The first-order valence-electron chi connectivity index (χ1n) is 6.85. The zero-order chi connectivity index (χ0) is 15.1. The van der Waals surface area contributed by atoms with E-state index in [2.05, 4.69) is 5.32 Å². The number of hydrogen-bond donors (Lipinski definition) is 1. The van der Waals surface area contributed by atoms with Crippen molar-refractivity contribution >= 4 is 5.91 Å². The SMILES string of the molecule is Cc1ccc(OCC(=O)NCCc2ccccc2F)cc1. The van der Waals surface area contributed by atoms with Crippen LogP contribution in [0.4, 0.5) is 4.39 Å². The fourth-order valence-corrected chi connectivity index (χ4v) is 1.87. The smallest absolute Gasteiger partial charge is 0.257 e. The van der Waals surface area contributed by atoms with Crippen LogP contribution in [0.3, 0.4) is 0 Å². The van der Waals surface area contributed by atoms with Crippen LogP contribution in [0, 0.1) is 12.7 Å². The molecule has 110 valence electrons. The molecule has 3 nitrogen and oxygen atoms in total. The molecule has 0 fully saturated rings. The predicted octanol–water partition coefficient (Wildman–Crippen LogP) is 2.87. The molecular formula is C17H18FNO2. The molecule has 0 aliphatic carbocycles. The number of benzene rings is 2. The highest BCUT2D eigenvalue weighted by atomic mass is 19.1. The third-order valence-corrected chi connectivity index (χ3v) is 3.07. The molecule has 4 heteroatoms. The number of rotatable bonds is 6. The first kappa shape index (κ1) is 15.0. The monoisotopic (exact) mass is 287 g/mol. The van der Waals surface area contributed by atoms with Crippen molar-refractivity contribution < 1.29 is 13.9 Å². The molecule has 21 heavy (non-hydrogen) atoms. The van der Waals surface area contributed by atoms with Gasteiger partial charge < -0.3 is 10.1 Å². The second kappa shape index (κ2) is 7.43. The lowest BCUT2D eigenvalue weighted by Crippen LogP contribution is -2.30.